The molecule has 1 aromatic heterocycles. The van der Waals surface area contributed by atoms with Crippen LogP contribution in [0.4, 0.5) is 4.79 Å². The number of benzene rings is 2. The number of fused-ring (bicyclic) bond motifs is 3. The fourth-order valence-corrected chi connectivity index (χ4v) is 5.65. The first-order valence-electron chi connectivity index (χ1n) is 12.8. The van der Waals surface area contributed by atoms with Crippen LogP contribution in [0.25, 0.3) is 12.2 Å². The van der Waals surface area contributed by atoms with E-state index in [2.05, 4.69) is 17.1 Å². The lowest BCUT2D eigenvalue weighted by atomic mass is 9.92. The smallest absolute Gasteiger partial charge is 0.410 e. The first-order valence-corrected chi connectivity index (χ1v) is 13.6. The Morgan fingerprint density at radius 1 is 1.11 bits per heavy atom. The van der Waals surface area contributed by atoms with E-state index in [9.17, 15) is 4.79 Å². The lowest BCUT2D eigenvalue weighted by Gasteiger charge is -2.35. The Kier molecular flexibility index (Phi) is 7.34. The highest BCUT2D eigenvalue weighted by molar-refractivity contribution is 6.31. The zero-order valence-electron chi connectivity index (χ0n) is 20.7. The van der Waals surface area contributed by atoms with Crippen LogP contribution in [-0.4, -0.2) is 54.0 Å². The van der Waals surface area contributed by atoms with Gasteiger partial charge in [-0.25, -0.2) is 4.79 Å². The minimum absolute atomic E-state index is 0.0382. The maximum absolute atomic E-state index is 13.4. The molecule has 3 aromatic rings. The highest BCUT2D eigenvalue weighted by Crippen LogP contribution is 2.34. The van der Waals surface area contributed by atoms with Crippen LogP contribution < -0.4 is 15.3 Å². The second kappa shape index (κ2) is 11.0. The third-order valence-corrected chi connectivity index (χ3v) is 7.78. The Hall–Kier alpha value is -2.97. The molecule has 0 spiro atoms. The zero-order chi connectivity index (χ0) is 26.1. The van der Waals surface area contributed by atoms with Gasteiger partial charge in [0.2, 0.25) is 0 Å². The van der Waals surface area contributed by atoms with Gasteiger partial charge >= 0.3 is 6.09 Å². The quantitative estimate of drug-likeness (QED) is 0.460. The van der Waals surface area contributed by atoms with Crippen molar-refractivity contribution < 1.29 is 23.7 Å². The van der Waals surface area contributed by atoms with E-state index in [-0.39, 0.29) is 24.3 Å². The molecule has 198 valence electrons. The number of ether oxygens (including phenoxy) is 4. The second-order valence-electron chi connectivity index (χ2n) is 9.51. The van der Waals surface area contributed by atoms with Crippen molar-refractivity contribution in [1.82, 2.24) is 9.88 Å². The van der Waals surface area contributed by atoms with Crippen molar-refractivity contribution in [1.29, 1.82) is 0 Å². The Bertz CT molecular complexity index is 1430. The minimum Gasteiger partial charge on any atom is -0.488 e. The van der Waals surface area contributed by atoms with Gasteiger partial charge in [0.1, 0.15) is 25.0 Å². The van der Waals surface area contributed by atoms with Gasteiger partial charge in [0.25, 0.3) is 0 Å². The number of carbonyl (C=O) groups is 1. The Morgan fingerprint density at radius 3 is 2.68 bits per heavy atom. The predicted molar refractivity (Wildman–Crippen MR) is 145 cm³/mol. The molecule has 6 rings (SSSR count). The summed E-state index contributed by atoms with van der Waals surface area (Å²) in [5, 5.41) is 2.72. The molecule has 9 heteroatoms. The fourth-order valence-electron chi connectivity index (χ4n) is 5.24. The molecule has 1 amide bonds. The van der Waals surface area contributed by atoms with E-state index in [0.29, 0.717) is 43.6 Å². The summed E-state index contributed by atoms with van der Waals surface area (Å²) >= 11 is 12.7. The number of alkyl halides is 1. The van der Waals surface area contributed by atoms with Crippen molar-refractivity contribution in [3.05, 3.63) is 86.5 Å². The number of amides is 1. The second-order valence-corrected chi connectivity index (χ2v) is 10.5. The summed E-state index contributed by atoms with van der Waals surface area (Å²) < 4.78 is 22.5. The number of nitrogens with one attached hydrogen (secondary N) is 1. The maximum Gasteiger partial charge on any atom is 0.410 e. The van der Waals surface area contributed by atoms with Gasteiger partial charge < -0.3 is 23.9 Å². The molecule has 2 aromatic carbocycles. The van der Waals surface area contributed by atoms with Gasteiger partial charge in [0, 0.05) is 33.4 Å². The van der Waals surface area contributed by atoms with Crippen molar-refractivity contribution in [2.75, 3.05) is 26.4 Å². The van der Waals surface area contributed by atoms with E-state index < -0.39 is 6.09 Å². The zero-order valence-corrected chi connectivity index (χ0v) is 22.2. The fraction of sp³-hybridized carbons (Fsp3) is 0.345. The number of hydrogen-bond donors (Lipinski definition) is 1. The summed E-state index contributed by atoms with van der Waals surface area (Å²) in [4.78, 5) is 18.8. The number of nitrogens with zero attached hydrogens (tertiary/aromatic N) is 1. The van der Waals surface area contributed by atoms with Crippen LogP contribution in [0, 0.1) is 0 Å². The molecule has 0 bridgehead atoms. The van der Waals surface area contributed by atoms with Crippen LogP contribution in [0.5, 0.6) is 5.75 Å². The van der Waals surface area contributed by atoms with Gasteiger partial charge in [0.15, 0.2) is 6.29 Å². The third kappa shape index (κ3) is 5.16. The number of carbonyl (C=O) groups excluding carboxylic acids is 1. The topological polar surface area (TPSA) is 73.0 Å². The molecule has 7 nitrogen and oxygen atoms in total. The van der Waals surface area contributed by atoms with Crippen molar-refractivity contribution in [2.24, 2.45) is 0 Å². The van der Waals surface area contributed by atoms with Crippen LogP contribution in [0.2, 0.25) is 5.02 Å². The number of H-pyrrole nitrogens is 1. The molecule has 2 atom stereocenters. The molecular formula is C29H28Cl2N2O5. The summed E-state index contributed by atoms with van der Waals surface area (Å²) in [6.07, 6.45) is 4.97. The largest absolute Gasteiger partial charge is 0.488 e. The number of rotatable bonds is 6. The van der Waals surface area contributed by atoms with Gasteiger partial charge in [0.05, 0.1) is 18.6 Å². The number of hydrogen-bond acceptors (Lipinski definition) is 5. The summed E-state index contributed by atoms with van der Waals surface area (Å²) in [5.74, 6) is 0.703. The maximum atomic E-state index is 13.4. The standard InChI is InChI=1S/C29H28Cl2N2O5/c30-20-7-10-25-23(15-20)22-11-12-33(29(34)38-16-19-3-1-2-4-24(19)31)28(27(22)32-25)18-5-8-21(9-6-18)37-17-26-35-13-14-36-26/h1-6,8-10,15,20,26,28,32H,7,11-14,16-17H2. The molecule has 3 heterocycles. The summed E-state index contributed by atoms with van der Waals surface area (Å²) in [7, 11) is 0. The molecule has 3 aliphatic rings. The SMILES string of the molecule is O=C(OCc1ccccc1Cl)N1CCc2c([nH]c3c2=CC(Cl)CC=3)C1c1ccc(OCC2OCCO2)cc1. The molecule has 2 aliphatic heterocycles. The minimum atomic E-state index is -0.396. The molecule has 1 saturated heterocycles. The van der Waals surface area contributed by atoms with Gasteiger partial charge in [-0.1, -0.05) is 54.1 Å². The van der Waals surface area contributed by atoms with Crippen LogP contribution >= 0.6 is 23.2 Å². The van der Waals surface area contributed by atoms with Crippen LogP contribution in [0.15, 0.2) is 48.5 Å². The molecule has 0 radical (unpaired) electrons. The molecule has 1 aliphatic carbocycles. The average Bonchev–Trinajstić information content (AvgIpc) is 3.59. The van der Waals surface area contributed by atoms with Crippen LogP contribution in [-0.2, 0) is 27.2 Å². The Balaban J connectivity index is 1.29. The monoisotopic (exact) mass is 554 g/mol. The normalized spacial score (nSPS) is 20.7. The van der Waals surface area contributed by atoms with E-state index in [1.165, 1.54) is 5.56 Å². The third-order valence-electron chi connectivity index (χ3n) is 7.11. The molecule has 1 N–H and O–H groups in total. The van der Waals surface area contributed by atoms with E-state index in [1.807, 2.05) is 42.5 Å². The number of halogens is 2. The Labute approximate surface area is 230 Å². The number of aromatic amines is 1. The van der Waals surface area contributed by atoms with Crippen LogP contribution in [0.3, 0.4) is 0 Å². The van der Waals surface area contributed by atoms with Crippen LogP contribution in [0.1, 0.15) is 34.8 Å². The van der Waals surface area contributed by atoms with E-state index in [0.717, 1.165) is 33.8 Å². The Morgan fingerprint density at radius 2 is 1.89 bits per heavy atom. The first kappa shape index (κ1) is 25.3. The lowest BCUT2D eigenvalue weighted by molar-refractivity contribution is -0.0684. The number of aromatic nitrogens is 1. The van der Waals surface area contributed by atoms with E-state index in [1.54, 1.807) is 11.0 Å². The molecule has 2 unspecified atom stereocenters. The van der Waals surface area contributed by atoms with Gasteiger partial charge in [-0.3, -0.25) is 4.90 Å². The summed E-state index contributed by atoms with van der Waals surface area (Å²) in [6.45, 7) is 2.10. The van der Waals surface area contributed by atoms with Crippen molar-refractivity contribution >= 4 is 41.4 Å². The van der Waals surface area contributed by atoms with Crippen molar-refractivity contribution in [3.8, 4) is 5.75 Å². The highest BCUT2D eigenvalue weighted by atomic mass is 35.5. The van der Waals surface area contributed by atoms with Crippen molar-refractivity contribution in [2.45, 2.75) is 37.2 Å². The first-order chi connectivity index (χ1) is 18.6. The molecular weight excluding hydrogens is 527 g/mol. The summed E-state index contributed by atoms with van der Waals surface area (Å²) in [5.41, 5.74) is 3.89. The van der Waals surface area contributed by atoms with Crippen molar-refractivity contribution in [3.63, 3.8) is 0 Å². The highest BCUT2D eigenvalue weighted by Gasteiger charge is 2.35. The molecule has 0 saturated carbocycles. The van der Waals surface area contributed by atoms with Gasteiger partial charge in [-0.2, -0.15) is 0 Å². The average molecular weight is 555 g/mol. The van der Waals surface area contributed by atoms with E-state index >= 15 is 0 Å². The molecule has 1 fully saturated rings. The molecule has 38 heavy (non-hydrogen) atoms. The lowest BCUT2D eigenvalue weighted by Crippen LogP contribution is -2.42. The van der Waals surface area contributed by atoms with Gasteiger partial charge in [-0.15, -0.1) is 11.6 Å². The summed E-state index contributed by atoms with van der Waals surface area (Å²) in [6, 6.07) is 14.8. The van der Waals surface area contributed by atoms with Gasteiger partial charge in [-0.05, 0) is 42.2 Å². The predicted octanol–water partition coefficient (Wildman–Crippen LogP) is 4.28. The van der Waals surface area contributed by atoms with E-state index in [4.69, 9.17) is 42.1 Å².